The van der Waals surface area contributed by atoms with Crippen molar-refractivity contribution in [3.63, 3.8) is 0 Å². The third-order valence-corrected chi connectivity index (χ3v) is 9.73. The zero-order chi connectivity index (χ0) is 26.8. The summed E-state index contributed by atoms with van der Waals surface area (Å²) in [7, 11) is 0. The molecule has 3 saturated heterocycles. The van der Waals surface area contributed by atoms with Gasteiger partial charge in [-0.25, -0.2) is 4.98 Å². The molecular formula is C31H45N5O3. The fourth-order valence-corrected chi connectivity index (χ4v) is 7.99. The molecule has 212 valence electrons. The second-order valence-electron chi connectivity index (χ2n) is 12.2. The van der Waals surface area contributed by atoms with Crippen molar-refractivity contribution in [2.45, 2.75) is 114 Å². The van der Waals surface area contributed by atoms with Crippen LogP contribution in [0.15, 0.2) is 29.1 Å². The molecule has 1 aliphatic carbocycles. The predicted molar refractivity (Wildman–Crippen MR) is 154 cm³/mol. The number of hydrogen-bond donors (Lipinski definition) is 1. The Kier molecular flexibility index (Phi) is 8.21. The predicted octanol–water partition coefficient (Wildman–Crippen LogP) is 4.41. The van der Waals surface area contributed by atoms with Crippen LogP contribution in [0.3, 0.4) is 0 Å². The molecule has 1 unspecified atom stereocenters. The molecule has 4 heterocycles. The molecule has 6 rings (SSSR count). The smallest absolute Gasteiger partial charge is 0.319 e. The second kappa shape index (κ2) is 12.0. The highest BCUT2D eigenvalue weighted by Gasteiger charge is 2.44. The number of benzene rings is 1. The fourth-order valence-electron chi connectivity index (χ4n) is 7.99. The van der Waals surface area contributed by atoms with Crippen molar-refractivity contribution in [1.82, 2.24) is 19.8 Å². The molecular weight excluding hydrogens is 490 g/mol. The van der Waals surface area contributed by atoms with Crippen LogP contribution in [0.1, 0.15) is 90.0 Å². The Bertz CT molecular complexity index is 1190. The Morgan fingerprint density at radius 1 is 0.949 bits per heavy atom. The summed E-state index contributed by atoms with van der Waals surface area (Å²) in [5.41, 5.74) is 1.90. The number of aromatic nitrogens is 2. The Labute approximate surface area is 232 Å². The summed E-state index contributed by atoms with van der Waals surface area (Å²) < 4.78 is 7.17. The van der Waals surface area contributed by atoms with Crippen LogP contribution in [0, 0.1) is 0 Å². The standard InChI is InChI=1S/C31H45N5O3/c1-2-39-29(37)20-32-22-16-17-34(21-22)30-31(38)36(28-13-9-8-12-27(28)33-30)26-18-24-14-15-25(19-26)35(24)23-10-6-4-3-5-7-11-23/h8-9,12-13,22-26,32H,2-7,10-11,14-21H2,1H3/t22-,24-,25+,26?/m0/s1. The average molecular weight is 536 g/mol. The van der Waals surface area contributed by atoms with Crippen molar-refractivity contribution in [2.75, 3.05) is 31.1 Å². The van der Waals surface area contributed by atoms with Gasteiger partial charge in [-0.2, -0.15) is 0 Å². The van der Waals surface area contributed by atoms with Crippen molar-refractivity contribution < 1.29 is 9.53 Å². The summed E-state index contributed by atoms with van der Waals surface area (Å²) in [5, 5.41) is 3.31. The second-order valence-corrected chi connectivity index (χ2v) is 12.2. The first-order valence-corrected chi connectivity index (χ1v) is 15.5. The largest absolute Gasteiger partial charge is 0.465 e. The molecule has 8 heteroatoms. The van der Waals surface area contributed by atoms with Gasteiger partial charge in [-0.05, 0) is 64.0 Å². The molecule has 1 aromatic carbocycles. The van der Waals surface area contributed by atoms with Crippen LogP contribution in [0.4, 0.5) is 5.82 Å². The molecule has 4 aliphatic rings. The van der Waals surface area contributed by atoms with Gasteiger partial charge in [0.2, 0.25) is 0 Å². The zero-order valence-electron chi connectivity index (χ0n) is 23.5. The molecule has 8 nitrogen and oxygen atoms in total. The molecule has 39 heavy (non-hydrogen) atoms. The van der Waals surface area contributed by atoms with Gasteiger partial charge in [-0.3, -0.25) is 14.5 Å². The van der Waals surface area contributed by atoms with Crippen molar-refractivity contribution in [3.05, 3.63) is 34.6 Å². The minimum Gasteiger partial charge on any atom is -0.465 e. The highest BCUT2D eigenvalue weighted by atomic mass is 16.5. The molecule has 0 radical (unpaired) electrons. The zero-order valence-corrected chi connectivity index (χ0v) is 23.5. The number of esters is 1. The maximum Gasteiger partial charge on any atom is 0.319 e. The van der Waals surface area contributed by atoms with E-state index in [1.165, 1.54) is 57.8 Å². The Balaban J connectivity index is 1.23. The molecule has 2 aromatic rings. The molecule has 3 aliphatic heterocycles. The van der Waals surface area contributed by atoms with E-state index in [1.54, 1.807) is 0 Å². The van der Waals surface area contributed by atoms with Crippen molar-refractivity contribution >= 4 is 22.8 Å². The maximum atomic E-state index is 14.2. The van der Waals surface area contributed by atoms with Crippen LogP contribution in [0.2, 0.25) is 0 Å². The van der Waals surface area contributed by atoms with Crippen molar-refractivity contribution in [2.24, 2.45) is 0 Å². The summed E-state index contributed by atoms with van der Waals surface area (Å²) in [6.45, 7) is 3.83. The van der Waals surface area contributed by atoms with Gasteiger partial charge < -0.3 is 19.5 Å². The number of carbonyl (C=O) groups excluding carboxylic acids is 1. The summed E-state index contributed by atoms with van der Waals surface area (Å²) in [6.07, 6.45) is 15.1. The van der Waals surface area contributed by atoms with Gasteiger partial charge in [0.05, 0.1) is 24.2 Å². The lowest BCUT2D eigenvalue weighted by atomic mass is 9.89. The topological polar surface area (TPSA) is 79.7 Å². The van der Waals surface area contributed by atoms with Crippen molar-refractivity contribution in [1.29, 1.82) is 0 Å². The summed E-state index contributed by atoms with van der Waals surface area (Å²) in [6, 6.07) is 10.4. The van der Waals surface area contributed by atoms with E-state index in [4.69, 9.17) is 9.72 Å². The quantitative estimate of drug-likeness (QED) is 0.526. The van der Waals surface area contributed by atoms with Gasteiger partial charge in [0.1, 0.15) is 0 Å². The Morgan fingerprint density at radius 3 is 2.41 bits per heavy atom. The fraction of sp³-hybridized carbons (Fsp3) is 0.710. The minimum atomic E-state index is -0.234. The number of fused-ring (bicyclic) bond motifs is 3. The van der Waals surface area contributed by atoms with Crippen LogP contribution in [-0.4, -0.2) is 70.8 Å². The van der Waals surface area contributed by atoms with Gasteiger partial charge >= 0.3 is 5.97 Å². The van der Waals surface area contributed by atoms with E-state index < -0.39 is 0 Å². The number of hydrogen-bond acceptors (Lipinski definition) is 7. The Morgan fingerprint density at radius 2 is 1.67 bits per heavy atom. The summed E-state index contributed by atoms with van der Waals surface area (Å²) in [4.78, 5) is 35.9. The van der Waals surface area contributed by atoms with Gasteiger partial charge in [0.25, 0.3) is 5.56 Å². The highest BCUT2D eigenvalue weighted by molar-refractivity contribution is 5.76. The van der Waals surface area contributed by atoms with Crippen LogP contribution in [0.5, 0.6) is 0 Å². The van der Waals surface area contributed by atoms with E-state index in [1.807, 2.05) is 25.1 Å². The third-order valence-electron chi connectivity index (χ3n) is 9.73. The Hall–Kier alpha value is -2.45. The molecule has 1 saturated carbocycles. The maximum absolute atomic E-state index is 14.2. The number of para-hydroxylation sites is 2. The molecule has 2 bridgehead atoms. The van der Waals surface area contributed by atoms with Crippen LogP contribution in [0.25, 0.3) is 11.0 Å². The molecule has 0 amide bonds. The number of nitrogens with zero attached hydrogens (tertiary/aromatic N) is 4. The van der Waals surface area contributed by atoms with Crippen LogP contribution >= 0.6 is 0 Å². The average Bonchev–Trinajstić information content (AvgIpc) is 3.49. The lowest BCUT2D eigenvalue weighted by Crippen LogP contribution is -2.50. The highest BCUT2D eigenvalue weighted by Crippen LogP contribution is 2.44. The molecule has 1 aromatic heterocycles. The number of nitrogens with one attached hydrogen (secondary N) is 1. The first kappa shape index (κ1) is 26.8. The number of carbonyl (C=O) groups is 1. The summed E-state index contributed by atoms with van der Waals surface area (Å²) in [5.74, 6) is 0.325. The van der Waals surface area contributed by atoms with E-state index in [0.29, 0.717) is 31.1 Å². The van der Waals surface area contributed by atoms with Gasteiger partial charge in [-0.15, -0.1) is 0 Å². The molecule has 4 atom stereocenters. The van der Waals surface area contributed by atoms with Crippen molar-refractivity contribution in [3.8, 4) is 0 Å². The number of ether oxygens (including phenoxy) is 1. The van der Waals surface area contributed by atoms with E-state index in [9.17, 15) is 9.59 Å². The van der Waals surface area contributed by atoms with E-state index in [2.05, 4.69) is 25.8 Å². The minimum absolute atomic E-state index is 0.0450. The van der Waals surface area contributed by atoms with Gasteiger partial charge in [-0.1, -0.05) is 44.2 Å². The monoisotopic (exact) mass is 535 g/mol. The lowest BCUT2D eigenvalue weighted by Gasteiger charge is -2.45. The molecule has 1 N–H and O–H groups in total. The lowest BCUT2D eigenvalue weighted by molar-refractivity contribution is -0.142. The number of piperidine rings is 1. The van der Waals surface area contributed by atoms with Crippen LogP contribution in [-0.2, 0) is 9.53 Å². The number of rotatable bonds is 7. The molecule has 4 fully saturated rings. The summed E-state index contributed by atoms with van der Waals surface area (Å²) >= 11 is 0. The van der Waals surface area contributed by atoms with E-state index in [-0.39, 0.29) is 30.2 Å². The SMILES string of the molecule is CCOC(=O)CN[C@H]1CCN(c2nc3ccccc3n(C3C[C@H]4CC[C@@H](C3)N4C3CCCCCCC3)c2=O)C1. The normalized spacial score (nSPS) is 28.5. The first-order chi connectivity index (χ1) is 19.1. The third kappa shape index (κ3) is 5.60. The van der Waals surface area contributed by atoms with E-state index in [0.717, 1.165) is 42.9 Å². The van der Waals surface area contributed by atoms with Gasteiger partial charge in [0.15, 0.2) is 5.82 Å². The van der Waals surface area contributed by atoms with Crippen LogP contribution < -0.4 is 15.8 Å². The molecule has 0 spiro atoms. The first-order valence-electron chi connectivity index (χ1n) is 15.5. The number of anilines is 1. The van der Waals surface area contributed by atoms with E-state index >= 15 is 0 Å². The van der Waals surface area contributed by atoms with Gasteiger partial charge in [0, 0.05) is 43.3 Å².